The summed E-state index contributed by atoms with van der Waals surface area (Å²) in [4.78, 5) is 0. The zero-order chi connectivity index (χ0) is 10.3. The Hall–Kier alpha value is -0.130. The highest BCUT2D eigenvalue weighted by molar-refractivity contribution is 7.89. The van der Waals surface area contributed by atoms with Gasteiger partial charge >= 0.3 is 0 Å². The first-order valence-corrected chi connectivity index (χ1v) is 6.75. The Kier molecular flexibility index (Phi) is 2.57. The van der Waals surface area contributed by atoms with Crippen molar-refractivity contribution in [2.45, 2.75) is 31.6 Å². The van der Waals surface area contributed by atoms with Crippen molar-refractivity contribution in [2.75, 3.05) is 19.6 Å². The van der Waals surface area contributed by atoms with Crippen LogP contribution in [0.15, 0.2) is 0 Å². The Morgan fingerprint density at radius 3 is 2.71 bits per heavy atom. The molecule has 0 spiro atoms. The van der Waals surface area contributed by atoms with Gasteiger partial charge in [-0.25, -0.2) is 8.42 Å². The molecule has 2 rings (SSSR count). The van der Waals surface area contributed by atoms with E-state index in [1.54, 1.807) is 18.2 Å². The smallest absolute Gasteiger partial charge is 0.216 e. The van der Waals surface area contributed by atoms with Gasteiger partial charge in [-0.05, 0) is 32.7 Å². The molecular weight excluding hydrogens is 200 g/mol. The molecule has 0 amide bonds. The van der Waals surface area contributed by atoms with E-state index in [1.807, 2.05) is 0 Å². The predicted molar refractivity (Wildman–Crippen MR) is 55.5 cm³/mol. The van der Waals surface area contributed by atoms with Crippen LogP contribution in [0.5, 0.6) is 0 Å². The van der Waals surface area contributed by atoms with Gasteiger partial charge in [0.1, 0.15) is 0 Å². The lowest BCUT2D eigenvalue weighted by Gasteiger charge is -2.24. The first-order valence-electron chi connectivity index (χ1n) is 5.25. The number of hydrogen-bond acceptors (Lipinski definition) is 3. The quantitative estimate of drug-likeness (QED) is 0.711. The van der Waals surface area contributed by atoms with Gasteiger partial charge in [-0.2, -0.15) is 4.31 Å². The third kappa shape index (κ3) is 1.47. The van der Waals surface area contributed by atoms with E-state index in [1.165, 1.54) is 0 Å². The number of sulfonamides is 1. The summed E-state index contributed by atoms with van der Waals surface area (Å²) in [5.41, 5.74) is 0. The van der Waals surface area contributed by atoms with Crippen LogP contribution < -0.4 is 5.32 Å². The summed E-state index contributed by atoms with van der Waals surface area (Å²) >= 11 is 0. The summed E-state index contributed by atoms with van der Waals surface area (Å²) in [5, 5.41) is 2.97. The van der Waals surface area contributed by atoms with E-state index < -0.39 is 10.0 Å². The second kappa shape index (κ2) is 3.47. The third-order valence-electron chi connectivity index (χ3n) is 3.32. The van der Waals surface area contributed by atoms with Crippen molar-refractivity contribution in [3.05, 3.63) is 0 Å². The topological polar surface area (TPSA) is 49.4 Å². The van der Waals surface area contributed by atoms with Gasteiger partial charge in [-0.1, -0.05) is 0 Å². The lowest BCUT2D eigenvalue weighted by molar-refractivity contribution is 0.379. The third-order valence-corrected chi connectivity index (χ3v) is 5.62. The lowest BCUT2D eigenvalue weighted by Crippen LogP contribution is -2.42. The summed E-state index contributed by atoms with van der Waals surface area (Å²) in [6.45, 7) is 6.04. The molecule has 0 aromatic rings. The lowest BCUT2D eigenvalue weighted by atomic mass is 10.1. The molecule has 0 aliphatic carbocycles. The number of nitrogens with zero attached hydrogens (tertiary/aromatic N) is 1. The normalized spacial score (nSPS) is 33.9. The molecule has 2 saturated heterocycles. The van der Waals surface area contributed by atoms with E-state index in [9.17, 15) is 8.42 Å². The van der Waals surface area contributed by atoms with Gasteiger partial charge in [0.05, 0.1) is 5.25 Å². The second-order valence-corrected chi connectivity index (χ2v) is 6.92. The number of fused-ring (bicyclic) bond motifs is 1. The largest absolute Gasteiger partial charge is 0.315 e. The Morgan fingerprint density at radius 1 is 1.36 bits per heavy atom. The van der Waals surface area contributed by atoms with Crippen molar-refractivity contribution in [1.29, 1.82) is 0 Å². The number of nitrogens with one attached hydrogen (secondary N) is 1. The van der Waals surface area contributed by atoms with Gasteiger partial charge in [-0.15, -0.1) is 0 Å². The van der Waals surface area contributed by atoms with Crippen LogP contribution in [0, 0.1) is 5.92 Å². The highest BCUT2D eigenvalue weighted by atomic mass is 32.2. The monoisotopic (exact) mass is 218 g/mol. The Balaban J connectivity index is 2.20. The zero-order valence-electron chi connectivity index (χ0n) is 8.73. The average Bonchev–Trinajstić information content (AvgIpc) is 2.61. The van der Waals surface area contributed by atoms with E-state index in [2.05, 4.69) is 5.32 Å². The maximum Gasteiger partial charge on any atom is 0.216 e. The molecule has 0 saturated carbocycles. The molecule has 2 heterocycles. The first kappa shape index (κ1) is 10.4. The van der Waals surface area contributed by atoms with Gasteiger partial charge < -0.3 is 5.32 Å². The molecule has 0 bridgehead atoms. The van der Waals surface area contributed by atoms with Crippen LogP contribution >= 0.6 is 0 Å². The van der Waals surface area contributed by atoms with Crippen LogP contribution in [0.1, 0.15) is 20.3 Å². The maximum absolute atomic E-state index is 12.0. The summed E-state index contributed by atoms with van der Waals surface area (Å²) in [7, 11) is -3.04. The van der Waals surface area contributed by atoms with Crippen LogP contribution in [-0.4, -0.2) is 43.6 Å². The van der Waals surface area contributed by atoms with Gasteiger partial charge in [0.15, 0.2) is 0 Å². The summed E-state index contributed by atoms with van der Waals surface area (Å²) in [6, 6.07) is 0.224. The molecule has 0 unspecified atom stereocenters. The van der Waals surface area contributed by atoms with Crippen LogP contribution in [0.4, 0.5) is 0 Å². The molecule has 0 radical (unpaired) electrons. The standard InChI is InChI=1S/C9H18N2O2S/c1-7(2)14(12,13)11-4-3-8-5-10-6-9(8)11/h7-10H,3-6H2,1-2H3/t8-,9+/m0/s1. The molecule has 82 valence electrons. The van der Waals surface area contributed by atoms with Crippen LogP contribution in [0.3, 0.4) is 0 Å². The molecule has 2 atom stereocenters. The highest BCUT2D eigenvalue weighted by Gasteiger charge is 2.43. The molecule has 5 heteroatoms. The fourth-order valence-electron chi connectivity index (χ4n) is 2.40. The zero-order valence-corrected chi connectivity index (χ0v) is 9.55. The second-order valence-electron chi connectivity index (χ2n) is 4.48. The molecule has 2 aliphatic heterocycles. The van der Waals surface area contributed by atoms with Crippen molar-refractivity contribution in [1.82, 2.24) is 9.62 Å². The molecular formula is C9H18N2O2S. The van der Waals surface area contributed by atoms with Crippen LogP contribution in [-0.2, 0) is 10.0 Å². The Bertz CT molecular complexity index is 313. The number of rotatable bonds is 2. The van der Waals surface area contributed by atoms with Gasteiger partial charge in [0.25, 0.3) is 0 Å². The fourth-order valence-corrected chi connectivity index (χ4v) is 3.92. The van der Waals surface area contributed by atoms with Crippen molar-refractivity contribution >= 4 is 10.0 Å². The Labute approximate surface area is 85.7 Å². The SMILES string of the molecule is CC(C)S(=O)(=O)N1CC[C@H]2CNC[C@H]21. The molecule has 0 aromatic heterocycles. The minimum atomic E-state index is -3.04. The first-order chi connectivity index (χ1) is 6.53. The van der Waals surface area contributed by atoms with E-state index in [4.69, 9.17) is 0 Å². The van der Waals surface area contributed by atoms with Gasteiger partial charge in [0.2, 0.25) is 10.0 Å². The average molecular weight is 218 g/mol. The van der Waals surface area contributed by atoms with Crippen LogP contribution in [0.25, 0.3) is 0 Å². The summed E-state index contributed by atoms with van der Waals surface area (Å²) in [6.07, 6.45) is 1.02. The van der Waals surface area contributed by atoms with Crippen LogP contribution in [0.2, 0.25) is 0 Å². The molecule has 2 fully saturated rings. The van der Waals surface area contributed by atoms with Gasteiger partial charge in [-0.3, -0.25) is 0 Å². The van der Waals surface area contributed by atoms with Crippen molar-refractivity contribution < 1.29 is 8.42 Å². The minimum absolute atomic E-state index is 0.224. The Morgan fingerprint density at radius 2 is 2.07 bits per heavy atom. The molecule has 4 nitrogen and oxygen atoms in total. The molecule has 1 N–H and O–H groups in total. The predicted octanol–water partition coefficient (Wildman–Crippen LogP) is 0.0183. The van der Waals surface area contributed by atoms with Crippen molar-refractivity contribution in [3.63, 3.8) is 0 Å². The van der Waals surface area contributed by atoms with Crippen molar-refractivity contribution in [2.24, 2.45) is 5.92 Å². The van der Waals surface area contributed by atoms with Crippen molar-refractivity contribution in [3.8, 4) is 0 Å². The van der Waals surface area contributed by atoms with E-state index in [0.717, 1.165) is 26.1 Å². The van der Waals surface area contributed by atoms with Gasteiger partial charge in [0, 0.05) is 19.1 Å². The molecule has 0 aromatic carbocycles. The van der Waals surface area contributed by atoms with E-state index in [0.29, 0.717) is 5.92 Å². The van der Waals surface area contributed by atoms with E-state index >= 15 is 0 Å². The minimum Gasteiger partial charge on any atom is -0.315 e. The number of hydrogen-bond donors (Lipinski definition) is 1. The fraction of sp³-hybridized carbons (Fsp3) is 1.00. The maximum atomic E-state index is 12.0. The highest BCUT2D eigenvalue weighted by Crippen LogP contribution is 2.30. The molecule has 14 heavy (non-hydrogen) atoms. The molecule has 2 aliphatic rings. The summed E-state index contributed by atoms with van der Waals surface area (Å²) < 4.78 is 25.7. The summed E-state index contributed by atoms with van der Waals surface area (Å²) in [5.74, 6) is 0.545. The van der Waals surface area contributed by atoms with E-state index in [-0.39, 0.29) is 11.3 Å².